The molecule has 3 nitrogen and oxygen atoms in total. The molecule has 0 radical (unpaired) electrons. The zero-order chi connectivity index (χ0) is 12.3. The summed E-state index contributed by atoms with van der Waals surface area (Å²) in [6, 6.07) is 9.29. The molecule has 0 spiro atoms. The minimum atomic E-state index is -0.305. The third kappa shape index (κ3) is 3.07. The third-order valence-electron chi connectivity index (χ3n) is 2.92. The first kappa shape index (κ1) is 12.1. The van der Waals surface area contributed by atoms with Crippen LogP contribution in [0.15, 0.2) is 28.7 Å². The van der Waals surface area contributed by atoms with Crippen molar-refractivity contribution in [2.75, 3.05) is 0 Å². The van der Waals surface area contributed by atoms with E-state index in [1.807, 2.05) is 12.1 Å². The average Bonchev–Trinajstić information content (AvgIpc) is 2.77. The number of hydrogen-bond acceptors (Lipinski definition) is 3. The molecular weight excluding hydrogens is 282 g/mol. The first-order chi connectivity index (χ1) is 8.19. The number of carbonyl (C=O) groups excluding carboxylic acids is 1. The molecule has 17 heavy (non-hydrogen) atoms. The van der Waals surface area contributed by atoms with E-state index in [1.165, 1.54) is 0 Å². The number of benzene rings is 1. The van der Waals surface area contributed by atoms with E-state index in [9.17, 15) is 4.79 Å². The van der Waals surface area contributed by atoms with E-state index in [0.29, 0.717) is 12.0 Å². The van der Waals surface area contributed by atoms with Crippen molar-refractivity contribution in [3.05, 3.63) is 34.3 Å². The van der Waals surface area contributed by atoms with Crippen LogP contribution in [0, 0.1) is 17.2 Å². The second kappa shape index (κ2) is 5.33. The Hall–Kier alpha value is -1.34. The van der Waals surface area contributed by atoms with E-state index >= 15 is 0 Å². The molecule has 4 heteroatoms. The van der Waals surface area contributed by atoms with E-state index < -0.39 is 0 Å². The summed E-state index contributed by atoms with van der Waals surface area (Å²) in [5.41, 5.74) is 0.550. The maximum Gasteiger partial charge on any atom is 0.338 e. The summed E-state index contributed by atoms with van der Waals surface area (Å²) in [5, 5.41) is 8.77. The molecule has 0 amide bonds. The van der Waals surface area contributed by atoms with Gasteiger partial charge in [0.15, 0.2) is 0 Å². The van der Waals surface area contributed by atoms with Gasteiger partial charge in [-0.25, -0.2) is 4.79 Å². The molecular formula is C13H12BrNO2. The van der Waals surface area contributed by atoms with E-state index in [1.54, 1.807) is 12.1 Å². The zero-order valence-corrected chi connectivity index (χ0v) is 10.8. The molecule has 88 valence electrons. The summed E-state index contributed by atoms with van der Waals surface area (Å²) in [5.74, 6) is -0.265. The second-order valence-corrected chi connectivity index (χ2v) is 5.09. The SMILES string of the molecule is N#C[C@H]1CC[C@@H](OC(=O)c2ccc(Br)cc2)C1. The number of carbonyl (C=O) groups is 1. The molecule has 0 bridgehead atoms. The minimum absolute atomic E-state index is 0.0396. The fourth-order valence-corrected chi connectivity index (χ4v) is 2.23. The van der Waals surface area contributed by atoms with Crippen molar-refractivity contribution >= 4 is 21.9 Å². The molecule has 1 fully saturated rings. The quantitative estimate of drug-likeness (QED) is 0.786. The van der Waals surface area contributed by atoms with Crippen LogP contribution in [0.5, 0.6) is 0 Å². The molecule has 1 aliphatic carbocycles. The molecule has 0 aliphatic heterocycles. The topological polar surface area (TPSA) is 50.1 Å². The Balaban J connectivity index is 1.94. The summed E-state index contributed by atoms with van der Waals surface area (Å²) in [4.78, 5) is 11.8. The second-order valence-electron chi connectivity index (χ2n) is 4.17. The van der Waals surface area contributed by atoms with Crippen molar-refractivity contribution in [1.82, 2.24) is 0 Å². The zero-order valence-electron chi connectivity index (χ0n) is 9.23. The van der Waals surface area contributed by atoms with Crippen molar-refractivity contribution < 1.29 is 9.53 Å². The Labute approximate surface area is 109 Å². The number of nitriles is 1. The molecule has 0 unspecified atom stereocenters. The number of esters is 1. The lowest BCUT2D eigenvalue weighted by atomic mass is 10.1. The van der Waals surface area contributed by atoms with Gasteiger partial charge in [0.05, 0.1) is 11.6 Å². The van der Waals surface area contributed by atoms with Crippen molar-refractivity contribution in [2.24, 2.45) is 5.92 Å². The van der Waals surface area contributed by atoms with Crippen molar-refractivity contribution in [1.29, 1.82) is 5.26 Å². The molecule has 1 aliphatic rings. The average molecular weight is 294 g/mol. The largest absolute Gasteiger partial charge is 0.459 e. The van der Waals surface area contributed by atoms with Crippen LogP contribution in [0.4, 0.5) is 0 Å². The summed E-state index contributed by atoms with van der Waals surface area (Å²) < 4.78 is 6.29. The highest BCUT2D eigenvalue weighted by molar-refractivity contribution is 9.10. The summed E-state index contributed by atoms with van der Waals surface area (Å²) in [6.07, 6.45) is 2.18. The van der Waals surface area contributed by atoms with Gasteiger partial charge in [-0.2, -0.15) is 5.26 Å². The van der Waals surface area contributed by atoms with Gasteiger partial charge >= 0.3 is 5.97 Å². The van der Waals surface area contributed by atoms with Crippen LogP contribution in [0.1, 0.15) is 29.6 Å². The van der Waals surface area contributed by atoms with Gasteiger partial charge in [-0.3, -0.25) is 0 Å². The van der Waals surface area contributed by atoms with Gasteiger partial charge < -0.3 is 4.74 Å². The van der Waals surface area contributed by atoms with Crippen molar-refractivity contribution in [2.45, 2.75) is 25.4 Å². The van der Waals surface area contributed by atoms with Gasteiger partial charge in [0, 0.05) is 16.8 Å². The number of hydrogen-bond donors (Lipinski definition) is 0. The molecule has 0 aromatic heterocycles. The van der Waals surface area contributed by atoms with Crippen LogP contribution in [-0.2, 0) is 4.74 Å². The van der Waals surface area contributed by atoms with Gasteiger partial charge in [-0.15, -0.1) is 0 Å². The maximum absolute atomic E-state index is 11.8. The Bertz CT molecular complexity index is 449. The number of halogens is 1. The molecule has 1 saturated carbocycles. The van der Waals surface area contributed by atoms with Gasteiger partial charge in [-0.1, -0.05) is 15.9 Å². The van der Waals surface area contributed by atoms with E-state index in [0.717, 1.165) is 17.3 Å². The third-order valence-corrected chi connectivity index (χ3v) is 3.45. The molecule has 1 aromatic carbocycles. The Kier molecular flexibility index (Phi) is 3.80. The number of nitrogens with zero attached hydrogens (tertiary/aromatic N) is 1. The first-order valence-corrected chi connectivity index (χ1v) is 6.34. The molecule has 0 saturated heterocycles. The highest BCUT2D eigenvalue weighted by atomic mass is 79.9. The standard InChI is InChI=1S/C13H12BrNO2/c14-11-4-2-10(3-5-11)13(16)17-12-6-1-9(7-12)8-15/h2-5,9,12H,1,6-7H2/t9-,12+/m0/s1. The Morgan fingerprint density at radius 1 is 1.35 bits per heavy atom. The van der Waals surface area contributed by atoms with Gasteiger partial charge in [-0.05, 0) is 37.1 Å². The van der Waals surface area contributed by atoms with Gasteiger partial charge in [0.25, 0.3) is 0 Å². The Morgan fingerprint density at radius 3 is 2.65 bits per heavy atom. The minimum Gasteiger partial charge on any atom is -0.459 e. The van der Waals surface area contributed by atoms with Crippen LogP contribution < -0.4 is 0 Å². The highest BCUT2D eigenvalue weighted by Crippen LogP contribution is 2.27. The first-order valence-electron chi connectivity index (χ1n) is 5.55. The summed E-state index contributed by atoms with van der Waals surface area (Å²) in [7, 11) is 0. The number of ether oxygens (including phenoxy) is 1. The predicted octanol–water partition coefficient (Wildman–Crippen LogP) is 3.30. The summed E-state index contributed by atoms with van der Waals surface area (Å²) in [6.45, 7) is 0. The molecule has 0 heterocycles. The van der Waals surface area contributed by atoms with Crippen molar-refractivity contribution in [3.63, 3.8) is 0 Å². The fourth-order valence-electron chi connectivity index (χ4n) is 1.97. The molecule has 0 N–H and O–H groups in total. The maximum atomic E-state index is 11.8. The molecule has 1 aromatic rings. The lowest BCUT2D eigenvalue weighted by Crippen LogP contribution is -2.15. The highest BCUT2D eigenvalue weighted by Gasteiger charge is 2.27. The van der Waals surface area contributed by atoms with E-state index in [-0.39, 0.29) is 18.0 Å². The smallest absolute Gasteiger partial charge is 0.338 e. The van der Waals surface area contributed by atoms with Crippen LogP contribution >= 0.6 is 15.9 Å². The Morgan fingerprint density at radius 2 is 2.06 bits per heavy atom. The lowest BCUT2D eigenvalue weighted by Gasteiger charge is -2.11. The monoisotopic (exact) mass is 293 g/mol. The lowest BCUT2D eigenvalue weighted by molar-refractivity contribution is 0.0313. The normalized spacial score (nSPS) is 23.1. The van der Waals surface area contributed by atoms with Crippen LogP contribution in [-0.4, -0.2) is 12.1 Å². The van der Waals surface area contributed by atoms with Crippen LogP contribution in [0.3, 0.4) is 0 Å². The van der Waals surface area contributed by atoms with Gasteiger partial charge in [0.1, 0.15) is 6.10 Å². The van der Waals surface area contributed by atoms with E-state index in [2.05, 4.69) is 22.0 Å². The summed E-state index contributed by atoms with van der Waals surface area (Å²) >= 11 is 3.31. The van der Waals surface area contributed by atoms with E-state index in [4.69, 9.17) is 10.00 Å². The fraction of sp³-hybridized carbons (Fsp3) is 0.385. The molecule has 2 rings (SSSR count). The number of rotatable bonds is 2. The van der Waals surface area contributed by atoms with Crippen LogP contribution in [0.25, 0.3) is 0 Å². The molecule has 2 atom stereocenters. The predicted molar refractivity (Wildman–Crippen MR) is 66.3 cm³/mol. The van der Waals surface area contributed by atoms with Gasteiger partial charge in [0.2, 0.25) is 0 Å². The van der Waals surface area contributed by atoms with Crippen molar-refractivity contribution in [3.8, 4) is 6.07 Å². The van der Waals surface area contributed by atoms with Crippen LogP contribution in [0.2, 0.25) is 0 Å².